The van der Waals surface area contributed by atoms with Crippen molar-refractivity contribution in [3.05, 3.63) is 42.6 Å². The minimum atomic E-state index is -3.84. The van der Waals surface area contributed by atoms with Crippen LogP contribution in [0.1, 0.15) is 44.2 Å². The number of ether oxygens (including phenoxy) is 1. The maximum absolute atomic E-state index is 14.3. The van der Waals surface area contributed by atoms with E-state index in [0.29, 0.717) is 30.7 Å². The molecule has 2 N–H and O–H groups in total. The Hall–Kier alpha value is -4.05. The summed E-state index contributed by atoms with van der Waals surface area (Å²) in [6.45, 7) is 0.325. The van der Waals surface area contributed by atoms with Crippen LogP contribution < -0.4 is 10.6 Å². The Bertz CT molecular complexity index is 1830. The van der Waals surface area contributed by atoms with Gasteiger partial charge in [0.05, 0.1) is 34.5 Å². The van der Waals surface area contributed by atoms with E-state index in [1.807, 2.05) is 0 Å². The number of carbonyl (C=O) groups excluding carboxylic acids is 1. The average Bonchev–Trinajstić information content (AvgIpc) is 3.23. The summed E-state index contributed by atoms with van der Waals surface area (Å²) in [5, 5.41) is 5.32. The van der Waals surface area contributed by atoms with Gasteiger partial charge in [0.25, 0.3) is 12.3 Å². The Balaban J connectivity index is 1.49. The number of carbonyl (C=O) groups is 1. The highest BCUT2D eigenvalue weighted by molar-refractivity contribution is 7.90. The zero-order valence-corrected chi connectivity index (χ0v) is 23.8. The van der Waals surface area contributed by atoms with Crippen LogP contribution in [-0.4, -0.2) is 57.2 Å². The van der Waals surface area contributed by atoms with Crippen molar-refractivity contribution < 1.29 is 35.5 Å². The molecule has 3 aromatic heterocycles. The fourth-order valence-corrected chi connectivity index (χ4v) is 6.05. The predicted octanol–water partition coefficient (Wildman–Crippen LogP) is 5.21. The second kappa shape index (κ2) is 10.6. The molecule has 2 fully saturated rings. The largest absolute Gasteiger partial charge is 0.358 e. The lowest BCUT2D eigenvalue weighted by Gasteiger charge is -2.25. The van der Waals surface area contributed by atoms with Gasteiger partial charge >= 0.3 is 0 Å². The first-order valence-electron chi connectivity index (χ1n) is 13.4. The van der Waals surface area contributed by atoms with Gasteiger partial charge in [-0.25, -0.2) is 40.9 Å². The number of pyridine rings is 1. The van der Waals surface area contributed by atoms with E-state index < -0.39 is 52.5 Å². The summed E-state index contributed by atoms with van der Waals surface area (Å²) in [4.78, 5) is 25.0. The summed E-state index contributed by atoms with van der Waals surface area (Å²) in [7, 11) is -2.09. The zero-order valence-electron chi connectivity index (χ0n) is 23.0. The first-order valence-corrected chi connectivity index (χ1v) is 15.3. The van der Waals surface area contributed by atoms with Gasteiger partial charge in [0.2, 0.25) is 5.91 Å². The van der Waals surface area contributed by atoms with Crippen molar-refractivity contribution in [2.45, 2.75) is 49.2 Å². The van der Waals surface area contributed by atoms with Crippen LogP contribution in [-0.2, 0) is 26.4 Å². The van der Waals surface area contributed by atoms with Gasteiger partial charge in [-0.2, -0.15) is 0 Å². The lowest BCUT2D eigenvalue weighted by atomic mass is 10.1. The molecule has 2 atom stereocenters. The van der Waals surface area contributed by atoms with Gasteiger partial charge in [-0.3, -0.25) is 9.36 Å². The Kier molecular flexibility index (Phi) is 7.15. The summed E-state index contributed by atoms with van der Waals surface area (Å²) >= 11 is 0. The van der Waals surface area contributed by atoms with E-state index in [-0.39, 0.29) is 33.3 Å². The van der Waals surface area contributed by atoms with E-state index in [9.17, 15) is 30.8 Å². The molecule has 43 heavy (non-hydrogen) atoms. The molecule has 4 aromatic rings. The Labute approximate surface area is 243 Å². The molecule has 228 valence electrons. The second-order valence-corrected chi connectivity index (χ2v) is 12.7. The number of sulfone groups is 1. The third-order valence-corrected chi connectivity index (χ3v) is 8.61. The van der Waals surface area contributed by atoms with E-state index in [2.05, 4.69) is 25.6 Å². The maximum Gasteiger partial charge on any atom is 0.295 e. The molecule has 1 amide bonds. The number of nitrogens with zero attached hydrogens (tertiary/aromatic N) is 5. The van der Waals surface area contributed by atoms with Crippen molar-refractivity contribution in [2.24, 2.45) is 13.0 Å². The van der Waals surface area contributed by atoms with E-state index in [0.717, 1.165) is 17.2 Å². The number of rotatable bonds is 8. The van der Waals surface area contributed by atoms with Gasteiger partial charge in [-0.15, -0.1) is 0 Å². The monoisotopic (exact) mass is 621 g/mol. The highest BCUT2D eigenvalue weighted by Gasteiger charge is 2.61. The molecule has 1 aliphatic carbocycles. The number of aryl methyl sites for hydroxylation is 1. The summed E-state index contributed by atoms with van der Waals surface area (Å²) in [5.74, 6) is -6.50. The highest BCUT2D eigenvalue weighted by atomic mass is 32.2. The molecule has 1 aromatic carbocycles. The molecule has 6 rings (SSSR count). The number of aromatic nitrogens is 5. The smallest absolute Gasteiger partial charge is 0.295 e. The van der Waals surface area contributed by atoms with Crippen LogP contribution in [0.4, 0.5) is 34.8 Å². The van der Waals surface area contributed by atoms with E-state index in [4.69, 9.17) is 4.74 Å². The number of alkyl halides is 4. The number of nitrogens with one attached hydrogen (secondary N) is 2. The number of amides is 1. The van der Waals surface area contributed by atoms with Crippen LogP contribution in [0.2, 0.25) is 0 Å². The minimum absolute atomic E-state index is 0.0255. The third-order valence-electron chi connectivity index (χ3n) is 7.47. The second-order valence-electron chi connectivity index (χ2n) is 10.7. The van der Waals surface area contributed by atoms with Crippen LogP contribution in [0, 0.1) is 5.92 Å². The molecule has 1 saturated carbocycles. The number of hydrogen-bond donors (Lipinski definition) is 2. The summed E-state index contributed by atoms with van der Waals surface area (Å²) in [5.41, 5.74) is 1.19. The molecular formula is C27H27F4N7O4S. The molecule has 4 heterocycles. The molecular weight excluding hydrogens is 594 g/mol. The molecule has 11 nitrogen and oxygen atoms in total. The summed E-state index contributed by atoms with van der Waals surface area (Å²) in [6, 6.07) is 5.85. The van der Waals surface area contributed by atoms with Crippen molar-refractivity contribution in [3.63, 3.8) is 0 Å². The van der Waals surface area contributed by atoms with Gasteiger partial charge in [-0.05, 0) is 31.4 Å². The lowest BCUT2D eigenvalue weighted by molar-refractivity contribution is -0.119. The van der Waals surface area contributed by atoms with Gasteiger partial charge in [0, 0.05) is 38.0 Å². The summed E-state index contributed by atoms with van der Waals surface area (Å²) in [6.07, 6.45) is 1.53. The standard InChI is InChI=1S/C27H27F4N7O4S/c1-37-13-32-12-18(37)14-6-7-16(19(9-14)43(2,40)41)33-17-10-20(35-26(39)15-11-27(15,30)31)34-24-22(17)36-25(23(28)29)38(24)21-5-3-4-8-42-21/h6-7,9-10,12-13,15,21,23H,3-5,8,11H2,1-2H3,(H2,33,34,35,39). The molecule has 2 aliphatic rings. The van der Waals surface area contributed by atoms with Crippen LogP contribution in [0.25, 0.3) is 22.4 Å². The molecule has 0 bridgehead atoms. The topological polar surface area (TPSA) is 133 Å². The maximum atomic E-state index is 14.3. The van der Waals surface area contributed by atoms with E-state index >= 15 is 0 Å². The predicted molar refractivity (Wildman–Crippen MR) is 148 cm³/mol. The fourth-order valence-electron chi connectivity index (χ4n) is 5.19. The van der Waals surface area contributed by atoms with Gasteiger partial charge in [0.1, 0.15) is 23.5 Å². The van der Waals surface area contributed by atoms with E-state index in [1.54, 1.807) is 30.2 Å². The average molecular weight is 622 g/mol. The molecule has 16 heteroatoms. The number of fused-ring (bicyclic) bond motifs is 1. The van der Waals surface area contributed by atoms with Crippen LogP contribution in [0.15, 0.2) is 41.7 Å². The fraction of sp³-hybridized carbons (Fsp3) is 0.407. The Morgan fingerprint density at radius 1 is 1.16 bits per heavy atom. The number of anilines is 3. The first kappa shape index (κ1) is 29.0. The van der Waals surface area contributed by atoms with Crippen LogP contribution in [0.3, 0.4) is 0 Å². The number of imidazole rings is 2. The number of hydrogen-bond acceptors (Lipinski definition) is 8. The molecule has 1 saturated heterocycles. The van der Waals surface area contributed by atoms with Crippen LogP contribution in [0.5, 0.6) is 0 Å². The summed E-state index contributed by atoms with van der Waals surface area (Å²) < 4.78 is 90.2. The van der Waals surface area contributed by atoms with E-state index in [1.165, 1.54) is 18.2 Å². The van der Waals surface area contributed by atoms with Crippen LogP contribution >= 0.6 is 0 Å². The highest BCUT2D eigenvalue weighted by Crippen LogP contribution is 2.49. The quantitative estimate of drug-likeness (QED) is 0.256. The first-order chi connectivity index (χ1) is 20.3. The van der Waals surface area contributed by atoms with Crippen molar-refractivity contribution in [1.82, 2.24) is 24.1 Å². The number of benzene rings is 1. The number of halogens is 4. The third kappa shape index (κ3) is 5.56. The SMILES string of the molecule is Cn1cncc1-c1ccc(Nc2cc(NC(=O)C3CC3(F)F)nc3c2nc(C(F)F)n3C2CCCCO2)c(S(C)(=O)=O)c1. The van der Waals surface area contributed by atoms with Crippen molar-refractivity contribution in [3.8, 4) is 11.3 Å². The molecule has 1 aliphatic heterocycles. The van der Waals surface area contributed by atoms with Crippen molar-refractivity contribution >= 4 is 44.1 Å². The molecule has 0 spiro atoms. The van der Waals surface area contributed by atoms with Gasteiger partial charge in [0.15, 0.2) is 21.3 Å². The van der Waals surface area contributed by atoms with Crippen molar-refractivity contribution in [1.29, 1.82) is 0 Å². The van der Waals surface area contributed by atoms with Gasteiger partial charge in [-0.1, -0.05) is 6.07 Å². The normalized spacial score (nSPS) is 20.0. The Morgan fingerprint density at radius 2 is 1.93 bits per heavy atom. The van der Waals surface area contributed by atoms with Gasteiger partial charge < -0.3 is 19.9 Å². The molecule has 2 unspecified atom stereocenters. The zero-order chi connectivity index (χ0) is 30.7. The lowest BCUT2D eigenvalue weighted by Crippen LogP contribution is -2.21. The van der Waals surface area contributed by atoms with Crippen molar-refractivity contribution in [2.75, 3.05) is 23.5 Å². The Morgan fingerprint density at radius 3 is 2.53 bits per heavy atom. The minimum Gasteiger partial charge on any atom is -0.358 e. The molecule has 0 radical (unpaired) electrons.